The zero-order valence-electron chi connectivity index (χ0n) is 14.1. The molecule has 3 N–H and O–H groups in total. The summed E-state index contributed by atoms with van der Waals surface area (Å²) in [6.45, 7) is 0.906. The lowest BCUT2D eigenvalue weighted by molar-refractivity contribution is 0.354. The number of guanidine groups is 1. The molecule has 0 atom stereocenters. The first kappa shape index (κ1) is 17.4. The third kappa shape index (κ3) is 4.77. The van der Waals surface area contributed by atoms with Crippen LogP contribution in [0, 0.1) is 0 Å². The molecule has 0 amide bonds. The molecule has 1 aromatic carbocycles. The van der Waals surface area contributed by atoms with Gasteiger partial charge in [0.15, 0.2) is 17.5 Å². The molecule has 0 saturated carbocycles. The standard InChI is InChI=1S/C17H22N4O3/c1-22-14-8-7-12(9-15(14)23-2)10-19-17(18)20-11-13-5-4-6-16(21-13)24-3/h4-9H,10-11H2,1-3H3,(H3,18,19,20). The van der Waals surface area contributed by atoms with Crippen molar-refractivity contribution in [2.75, 3.05) is 21.3 Å². The third-order valence-corrected chi connectivity index (χ3v) is 3.32. The molecule has 1 aromatic heterocycles. The van der Waals surface area contributed by atoms with E-state index in [4.69, 9.17) is 19.9 Å². The lowest BCUT2D eigenvalue weighted by Gasteiger charge is -2.09. The van der Waals surface area contributed by atoms with Crippen molar-refractivity contribution >= 4 is 5.96 Å². The molecule has 24 heavy (non-hydrogen) atoms. The molecule has 7 heteroatoms. The summed E-state index contributed by atoms with van der Waals surface area (Å²) in [5.74, 6) is 2.25. The molecule has 0 bridgehead atoms. The topological polar surface area (TPSA) is 91.0 Å². The number of nitrogens with zero attached hydrogens (tertiary/aromatic N) is 2. The first-order valence-electron chi connectivity index (χ1n) is 7.41. The van der Waals surface area contributed by atoms with Crippen LogP contribution in [-0.4, -0.2) is 32.3 Å². The Morgan fingerprint density at radius 1 is 1.08 bits per heavy atom. The molecule has 0 unspecified atom stereocenters. The summed E-state index contributed by atoms with van der Waals surface area (Å²) in [7, 11) is 4.78. The van der Waals surface area contributed by atoms with Crippen LogP contribution in [0.3, 0.4) is 0 Å². The van der Waals surface area contributed by atoms with E-state index in [-0.39, 0.29) is 0 Å². The minimum Gasteiger partial charge on any atom is -0.493 e. The average Bonchev–Trinajstić information content (AvgIpc) is 2.64. The zero-order chi connectivity index (χ0) is 17.4. The minimum atomic E-state index is 0.342. The van der Waals surface area contributed by atoms with Crippen LogP contribution in [-0.2, 0) is 13.1 Å². The van der Waals surface area contributed by atoms with E-state index in [9.17, 15) is 0 Å². The van der Waals surface area contributed by atoms with Crippen LogP contribution < -0.4 is 25.3 Å². The highest BCUT2D eigenvalue weighted by Gasteiger charge is 2.04. The maximum absolute atomic E-state index is 5.89. The van der Waals surface area contributed by atoms with Gasteiger partial charge in [0, 0.05) is 6.07 Å². The Bertz CT molecular complexity index is 704. The molecule has 0 spiro atoms. The second-order valence-electron chi connectivity index (χ2n) is 4.92. The minimum absolute atomic E-state index is 0.342. The van der Waals surface area contributed by atoms with Crippen LogP contribution >= 0.6 is 0 Å². The molecule has 0 aliphatic heterocycles. The summed E-state index contributed by atoms with van der Waals surface area (Å²) in [4.78, 5) is 8.61. The number of benzene rings is 1. The summed E-state index contributed by atoms with van der Waals surface area (Å²) in [6.07, 6.45) is 0. The monoisotopic (exact) mass is 330 g/mol. The molecule has 7 nitrogen and oxygen atoms in total. The number of rotatable bonds is 7. The van der Waals surface area contributed by atoms with Crippen molar-refractivity contribution in [1.29, 1.82) is 0 Å². The predicted octanol–water partition coefficient (Wildman–Crippen LogP) is 1.71. The summed E-state index contributed by atoms with van der Waals surface area (Å²) in [6, 6.07) is 11.2. The van der Waals surface area contributed by atoms with Crippen molar-refractivity contribution in [1.82, 2.24) is 10.3 Å². The normalized spacial score (nSPS) is 11.0. The summed E-state index contributed by atoms with van der Waals surface area (Å²) < 4.78 is 15.6. The largest absolute Gasteiger partial charge is 0.493 e. The van der Waals surface area contributed by atoms with Crippen LogP contribution in [0.2, 0.25) is 0 Å². The predicted molar refractivity (Wildman–Crippen MR) is 92.5 cm³/mol. The van der Waals surface area contributed by atoms with E-state index in [1.807, 2.05) is 30.3 Å². The lowest BCUT2D eigenvalue weighted by Crippen LogP contribution is -2.31. The Balaban J connectivity index is 1.93. The highest BCUT2D eigenvalue weighted by atomic mass is 16.5. The fourth-order valence-electron chi connectivity index (χ4n) is 2.06. The number of aliphatic imine (C=N–C) groups is 1. The summed E-state index contributed by atoms with van der Waals surface area (Å²) in [5, 5.41) is 3.03. The summed E-state index contributed by atoms with van der Waals surface area (Å²) in [5.41, 5.74) is 7.68. The zero-order valence-corrected chi connectivity index (χ0v) is 14.1. The van der Waals surface area contributed by atoms with Crippen molar-refractivity contribution in [2.45, 2.75) is 13.1 Å². The van der Waals surface area contributed by atoms with Gasteiger partial charge in [0.1, 0.15) is 0 Å². The molecule has 0 saturated heterocycles. The van der Waals surface area contributed by atoms with E-state index in [1.165, 1.54) is 0 Å². The fraction of sp³-hybridized carbons (Fsp3) is 0.294. The van der Waals surface area contributed by atoms with Crippen LogP contribution in [0.25, 0.3) is 0 Å². The Morgan fingerprint density at radius 2 is 1.88 bits per heavy atom. The van der Waals surface area contributed by atoms with Crippen LogP contribution in [0.15, 0.2) is 41.4 Å². The number of nitrogens with two attached hydrogens (primary N) is 1. The number of ether oxygens (including phenoxy) is 3. The van der Waals surface area contributed by atoms with Gasteiger partial charge in [0.25, 0.3) is 0 Å². The number of pyridine rings is 1. The van der Waals surface area contributed by atoms with Crippen molar-refractivity contribution < 1.29 is 14.2 Å². The number of aromatic nitrogens is 1. The maximum Gasteiger partial charge on any atom is 0.213 e. The van der Waals surface area contributed by atoms with Gasteiger partial charge in [-0.05, 0) is 23.8 Å². The number of methoxy groups -OCH3 is 3. The van der Waals surface area contributed by atoms with E-state index in [0.29, 0.717) is 36.4 Å². The third-order valence-electron chi connectivity index (χ3n) is 3.32. The van der Waals surface area contributed by atoms with Gasteiger partial charge in [-0.15, -0.1) is 0 Å². The Labute approximate surface area is 141 Å². The first-order valence-corrected chi connectivity index (χ1v) is 7.41. The van der Waals surface area contributed by atoms with Crippen molar-refractivity contribution in [3.05, 3.63) is 47.7 Å². The van der Waals surface area contributed by atoms with Gasteiger partial charge in [-0.25, -0.2) is 9.98 Å². The fourth-order valence-corrected chi connectivity index (χ4v) is 2.06. The molecule has 0 radical (unpaired) electrons. The number of hydrogen-bond acceptors (Lipinski definition) is 5. The second-order valence-corrected chi connectivity index (χ2v) is 4.92. The summed E-state index contributed by atoms with van der Waals surface area (Å²) >= 11 is 0. The van der Waals surface area contributed by atoms with Crippen LogP contribution in [0.5, 0.6) is 17.4 Å². The van der Waals surface area contributed by atoms with Gasteiger partial charge >= 0.3 is 0 Å². The second kappa shape index (κ2) is 8.61. The first-order chi connectivity index (χ1) is 11.7. The maximum atomic E-state index is 5.89. The van der Waals surface area contributed by atoms with E-state index in [0.717, 1.165) is 11.3 Å². The van der Waals surface area contributed by atoms with Gasteiger partial charge in [-0.2, -0.15) is 0 Å². The lowest BCUT2D eigenvalue weighted by atomic mass is 10.2. The van der Waals surface area contributed by atoms with E-state index >= 15 is 0 Å². The van der Waals surface area contributed by atoms with Crippen LogP contribution in [0.4, 0.5) is 0 Å². The SMILES string of the molecule is COc1cccc(CNC(N)=NCc2ccc(OC)c(OC)c2)n1. The van der Waals surface area contributed by atoms with Gasteiger partial charge < -0.3 is 25.3 Å². The van der Waals surface area contributed by atoms with Gasteiger partial charge in [0.05, 0.1) is 40.1 Å². The number of nitrogens with one attached hydrogen (secondary N) is 1. The van der Waals surface area contributed by atoms with Crippen LogP contribution in [0.1, 0.15) is 11.3 Å². The molecule has 2 aromatic rings. The average molecular weight is 330 g/mol. The van der Waals surface area contributed by atoms with Crippen molar-refractivity contribution in [3.8, 4) is 17.4 Å². The highest BCUT2D eigenvalue weighted by Crippen LogP contribution is 2.27. The van der Waals surface area contributed by atoms with E-state index in [1.54, 1.807) is 27.4 Å². The molecule has 0 aliphatic rings. The molecule has 128 valence electrons. The molecular weight excluding hydrogens is 308 g/mol. The van der Waals surface area contributed by atoms with Gasteiger partial charge in [-0.1, -0.05) is 12.1 Å². The number of hydrogen-bond donors (Lipinski definition) is 2. The molecule has 0 aliphatic carbocycles. The highest BCUT2D eigenvalue weighted by molar-refractivity contribution is 5.77. The Kier molecular flexibility index (Phi) is 6.24. The molecule has 0 fully saturated rings. The smallest absolute Gasteiger partial charge is 0.213 e. The molecule has 1 heterocycles. The van der Waals surface area contributed by atoms with E-state index < -0.39 is 0 Å². The van der Waals surface area contributed by atoms with Gasteiger partial charge in [0.2, 0.25) is 5.88 Å². The van der Waals surface area contributed by atoms with Gasteiger partial charge in [-0.3, -0.25) is 0 Å². The Morgan fingerprint density at radius 3 is 2.58 bits per heavy atom. The van der Waals surface area contributed by atoms with Crippen molar-refractivity contribution in [2.24, 2.45) is 10.7 Å². The Hall–Kier alpha value is -2.96. The molecular formula is C17H22N4O3. The quantitative estimate of drug-likeness (QED) is 0.593. The van der Waals surface area contributed by atoms with Crippen molar-refractivity contribution in [3.63, 3.8) is 0 Å². The molecule has 2 rings (SSSR count). The van der Waals surface area contributed by atoms with E-state index in [2.05, 4.69) is 15.3 Å².